The minimum absolute atomic E-state index is 0.0783. The van der Waals surface area contributed by atoms with E-state index in [1.165, 1.54) is 16.7 Å². The SMILES string of the molecule is CC(C)Cc1cccc(C(N)Cc2ccccc2)c1. The van der Waals surface area contributed by atoms with Gasteiger partial charge in [0.1, 0.15) is 0 Å². The van der Waals surface area contributed by atoms with Crippen LogP contribution in [0.15, 0.2) is 54.6 Å². The molecule has 19 heavy (non-hydrogen) atoms. The van der Waals surface area contributed by atoms with E-state index in [0.29, 0.717) is 5.92 Å². The highest BCUT2D eigenvalue weighted by molar-refractivity contribution is 5.28. The third-order valence-electron chi connectivity index (χ3n) is 3.32. The van der Waals surface area contributed by atoms with Gasteiger partial charge in [-0.3, -0.25) is 0 Å². The molecule has 1 heteroatoms. The van der Waals surface area contributed by atoms with Crippen LogP contribution in [-0.4, -0.2) is 0 Å². The summed E-state index contributed by atoms with van der Waals surface area (Å²) in [5.74, 6) is 0.681. The van der Waals surface area contributed by atoms with Crippen molar-refractivity contribution in [3.63, 3.8) is 0 Å². The number of nitrogens with two attached hydrogens (primary N) is 1. The van der Waals surface area contributed by atoms with Crippen molar-refractivity contribution in [2.24, 2.45) is 11.7 Å². The van der Waals surface area contributed by atoms with Gasteiger partial charge in [-0.15, -0.1) is 0 Å². The lowest BCUT2D eigenvalue weighted by Gasteiger charge is -2.14. The monoisotopic (exact) mass is 253 g/mol. The Balaban J connectivity index is 2.08. The fourth-order valence-corrected chi connectivity index (χ4v) is 2.41. The van der Waals surface area contributed by atoms with Crippen LogP contribution in [0.25, 0.3) is 0 Å². The molecule has 1 unspecified atom stereocenters. The van der Waals surface area contributed by atoms with E-state index in [1.54, 1.807) is 0 Å². The highest BCUT2D eigenvalue weighted by Gasteiger charge is 2.08. The molecule has 0 saturated heterocycles. The second kappa shape index (κ2) is 6.53. The zero-order valence-electron chi connectivity index (χ0n) is 11.8. The third-order valence-corrected chi connectivity index (χ3v) is 3.32. The third kappa shape index (κ3) is 4.22. The smallest absolute Gasteiger partial charge is 0.0335 e. The Morgan fingerprint density at radius 2 is 1.53 bits per heavy atom. The summed E-state index contributed by atoms with van der Waals surface area (Å²) < 4.78 is 0. The summed E-state index contributed by atoms with van der Waals surface area (Å²) >= 11 is 0. The number of benzene rings is 2. The fraction of sp³-hybridized carbons (Fsp3) is 0.333. The van der Waals surface area contributed by atoms with Crippen molar-refractivity contribution in [1.29, 1.82) is 0 Å². The maximum atomic E-state index is 6.33. The summed E-state index contributed by atoms with van der Waals surface area (Å²) in [6.45, 7) is 4.49. The molecule has 2 aromatic rings. The molecular weight excluding hydrogens is 230 g/mol. The van der Waals surface area contributed by atoms with Gasteiger partial charge in [0, 0.05) is 6.04 Å². The second-order valence-corrected chi connectivity index (χ2v) is 5.64. The first-order chi connectivity index (χ1) is 9.15. The lowest BCUT2D eigenvalue weighted by molar-refractivity contribution is 0.644. The summed E-state index contributed by atoms with van der Waals surface area (Å²) in [4.78, 5) is 0. The van der Waals surface area contributed by atoms with E-state index in [2.05, 4.69) is 62.4 Å². The Hall–Kier alpha value is -1.60. The molecule has 0 radical (unpaired) electrons. The maximum absolute atomic E-state index is 6.33. The predicted molar refractivity (Wildman–Crippen MR) is 82.1 cm³/mol. The minimum atomic E-state index is 0.0783. The van der Waals surface area contributed by atoms with Gasteiger partial charge in [0.15, 0.2) is 0 Å². The van der Waals surface area contributed by atoms with Crippen molar-refractivity contribution in [2.45, 2.75) is 32.7 Å². The molecule has 2 aromatic carbocycles. The van der Waals surface area contributed by atoms with Gasteiger partial charge < -0.3 is 5.73 Å². The van der Waals surface area contributed by atoms with Crippen LogP contribution in [0, 0.1) is 5.92 Å². The van der Waals surface area contributed by atoms with Crippen molar-refractivity contribution >= 4 is 0 Å². The van der Waals surface area contributed by atoms with Crippen LogP contribution in [0.4, 0.5) is 0 Å². The van der Waals surface area contributed by atoms with E-state index in [4.69, 9.17) is 5.73 Å². The van der Waals surface area contributed by atoms with Crippen molar-refractivity contribution in [2.75, 3.05) is 0 Å². The van der Waals surface area contributed by atoms with Crippen molar-refractivity contribution < 1.29 is 0 Å². The molecule has 0 bridgehead atoms. The quantitative estimate of drug-likeness (QED) is 0.852. The van der Waals surface area contributed by atoms with E-state index < -0.39 is 0 Å². The Morgan fingerprint density at radius 3 is 2.21 bits per heavy atom. The van der Waals surface area contributed by atoms with Crippen molar-refractivity contribution in [1.82, 2.24) is 0 Å². The molecule has 2 N–H and O–H groups in total. The molecule has 2 rings (SSSR count). The Bertz CT molecular complexity index is 502. The van der Waals surface area contributed by atoms with Crippen LogP contribution in [0.2, 0.25) is 0 Å². The first kappa shape index (κ1) is 13.8. The minimum Gasteiger partial charge on any atom is -0.324 e. The van der Waals surface area contributed by atoms with E-state index in [1.807, 2.05) is 6.07 Å². The van der Waals surface area contributed by atoms with Crippen LogP contribution < -0.4 is 5.73 Å². The van der Waals surface area contributed by atoms with Crippen molar-refractivity contribution in [3.05, 3.63) is 71.3 Å². The van der Waals surface area contributed by atoms with E-state index in [-0.39, 0.29) is 6.04 Å². The molecule has 0 spiro atoms. The summed E-state index contributed by atoms with van der Waals surface area (Å²) in [5.41, 5.74) is 10.2. The Kier molecular flexibility index (Phi) is 4.75. The summed E-state index contributed by atoms with van der Waals surface area (Å²) in [6.07, 6.45) is 2.01. The van der Waals surface area contributed by atoms with E-state index in [0.717, 1.165) is 12.8 Å². The molecular formula is C18H23N. The summed E-state index contributed by atoms with van der Waals surface area (Å²) in [6, 6.07) is 19.2. The zero-order chi connectivity index (χ0) is 13.7. The van der Waals surface area contributed by atoms with Crippen LogP contribution in [0.5, 0.6) is 0 Å². The molecule has 0 aliphatic heterocycles. The normalized spacial score (nSPS) is 12.6. The molecule has 0 aliphatic carbocycles. The first-order valence-electron chi connectivity index (χ1n) is 7.03. The number of hydrogen-bond donors (Lipinski definition) is 1. The van der Waals surface area contributed by atoms with Crippen LogP contribution >= 0.6 is 0 Å². The largest absolute Gasteiger partial charge is 0.324 e. The molecule has 0 saturated carbocycles. The average molecular weight is 253 g/mol. The van der Waals surface area contributed by atoms with Crippen LogP contribution in [0.1, 0.15) is 36.6 Å². The first-order valence-corrected chi connectivity index (χ1v) is 7.03. The maximum Gasteiger partial charge on any atom is 0.0335 e. The predicted octanol–water partition coefficient (Wildman–Crippen LogP) is 4.13. The molecule has 0 aliphatic rings. The molecule has 0 amide bonds. The van der Waals surface area contributed by atoms with Gasteiger partial charge in [-0.2, -0.15) is 0 Å². The highest BCUT2D eigenvalue weighted by Crippen LogP contribution is 2.18. The molecule has 1 nitrogen and oxygen atoms in total. The van der Waals surface area contributed by atoms with E-state index in [9.17, 15) is 0 Å². The zero-order valence-corrected chi connectivity index (χ0v) is 11.8. The van der Waals surface area contributed by atoms with Gasteiger partial charge in [0.05, 0.1) is 0 Å². The van der Waals surface area contributed by atoms with E-state index >= 15 is 0 Å². The van der Waals surface area contributed by atoms with Crippen molar-refractivity contribution in [3.8, 4) is 0 Å². The van der Waals surface area contributed by atoms with Crippen LogP contribution in [-0.2, 0) is 12.8 Å². The van der Waals surface area contributed by atoms with Gasteiger partial charge >= 0.3 is 0 Å². The topological polar surface area (TPSA) is 26.0 Å². The van der Waals surface area contributed by atoms with Crippen LogP contribution in [0.3, 0.4) is 0 Å². The lowest BCUT2D eigenvalue weighted by atomic mass is 9.95. The van der Waals surface area contributed by atoms with Gasteiger partial charge in [-0.05, 0) is 35.4 Å². The molecule has 100 valence electrons. The number of rotatable bonds is 5. The molecule has 0 fully saturated rings. The number of hydrogen-bond acceptors (Lipinski definition) is 1. The lowest BCUT2D eigenvalue weighted by Crippen LogP contribution is -2.13. The van der Waals surface area contributed by atoms with Gasteiger partial charge in [0.2, 0.25) is 0 Å². The summed E-state index contributed by atoms with van der Waals surface area (Å²) in [5, 5.41) is 0. The second-order valence-electron chi connectivity index (χ2n) is 5.64. The molecule has 0 aromatic heterocycles. The fourth-order valence-electron chi connectivity index (χ4n) is 2.41. The summed E-state index contributed by atoms with van der Waals surface area (Å²) in [7, 11) is 0. The standard InChI is InChI=1S/C18H23N/c1-14(2)11-16-9-6-10-17(12-16)18(19)13-15-7-4-3-5-8-15/h3-10,12,14,18H,11,13,19H2,1-2H3. The van der Waals surface area contributed by atoms with Gasteiger partial charge in [-0.1, -0.05) is 68.4 Å². The Labute approximate surface area is 116 Å². The highest BCUT2D eigenvalue weighted by atomic mass is 14.6. The molecule has 0 heterocycles. The molecule has 1 atom stereocenters. The van der Waals surface area contributed by atoms with Gasteiger partial charge in [-0.25, -0.2) is 0 Å². The van der Waals surface area contributed by atoms with Gasteiger partial charge in [0.25, 0.3) is 0 Å². The Morgan fingerprint density at radius 1 is 0.842 bits per heavy atom. The average Bonchev–Trinajstić information content (AvgIpc) is 2.39.